The third-order valence-corrected chi connectivity index (χ3v) is 6.78. The van der Waals surface area contributed by atoms with Crippen molar-refractivity contribution in [2.45, 2.75) is 37.0 Å². The molecule has 26 heavy (non-hydrogen) atoms. The van der Waals surface area contributed by atoms with E-state index in [1.54, 1.807) is 11.8 Å². The first kappa shape index (κ1) is 21.1. The van der Waals surface area contributed by atoms with Gasteiger partial charge in [-0.2, -0.15) is 11.8 Å². The molecule has 2 rings (SSSR count). The average molecular weight is 395 g/mol. The molecule has 3 atom stereocenters. The van der Waals surface area contributed by atoms with Gasteiger partial charge in [0, 0.05) is 12.8 Å². The van der Waals surface area contributed by atoms with Crippen LogP contribution in [0.5, 0.6) is 0 Å². The molecule has 6 heteroatoms. The second-order valence-electron chi connectivity index (χ2n) is 6.40. The lowest BCUT2D eigenvalue weighted by atomic mass is 10.0. The van der Waals surface area contributed by atoms with E-state index in [-0.39, 0.29) is 16.9 Å². The molecule has 0 amide bonds. The Kier molecular flexibility index (Phi) is 9.29. The average Bonchev–Trinajstić information content (AvgIpc) is 2.97. The van der Waals surface area contributed by atoms with Gasteiger partial charge in [0.25, 0.3) is 0 Å². The van der Waals surface area contributed by atoms with Crippen molar-refractivity contribution in [1.29, 1.82) is 0 Å². The topological polar surface area (TPSA) is 74.6 Å². The normalized spacial score (nSPS) is 21.3. The highest BCUT2D eigenvalue weighted by molar-refractivity contribution is 8.01. The fraction of sp³-hybridized carbons (Fsp3) is 0.500. The number of Topliss-reactive ketones (excluding diaryl/α,β-unsaturated/α-hetero) is 1. The zero-order chi connectivity index (χ0) is 18.8. The predicted octanol–water partition coefficient (Wildman–Crippen LogP) is 3.44. The molecule has 1 aromatic carbocycles. The fourth-order valence-electron chi connectivity index (χ4n) is 2.98. The van der Waals surface area contributed by atoms with Gasteiger partial charge in [0.1, 0.15) is 5.78 Å². The lowest BCUT2D eigenvalue weighted by Crippen LogP contribution is -2.17. The van der Waals surface area contributed by atoms with E-state index in [4.69, 9.17) is 5.11 Å². The molecule has 0 spiro atoms. The number of aliphatic hydroxyl groups excluding tert-OH is 1. The molecule has 1 aliphatic rings. The summed E-state index contributed by atoms with van der Waals surface area (Å²) in [5.74, 6) is 1.49. The largest absolute Gasteiger partial charge is 0.481 e. The highest BCUT2D eigenvalue weighted by atomic mass is 32.2. The van der Waals surface area contributed by atoms with E-state index >= 15 is 0 Å². The molecule has 1 aliphatic carbocycles. The Balaban J connectivity index is 1.74. The highest BCUT2D eigenvalue weighted by Gasteiger charge is 2.33. The van der Waals surface area contributed by atoms with E-state index in [0.29, 0.717) is 18.6 Å². The van der Waals surface area contributed by atoms with Crippen LogP contribution in [0.1, 0.15) is 24.8 Å². The van der Waals surface area contributed by atoms with Crippen molar-refractivity contribution < 1.29 is 19.8 Å². The Morgan fingerprint density at radius 3 is 2.77 bits per heavy atom. The van der Waals surface area contributed by atoms with Crippen LogP contribution in [-0.4, -0.2) is 50.6 Å². The van der Waals surface area contributed by atoms with Gasteiger partial charge in [0.05, 0.1) is 17.1 Å². The minimum atomic E-state index is -0.784. The van der Waals surface area contributed by atoms with E-state index in [9.17, 15) is 14.7 Å². The Hall–Kier alpha value is -1.24. The van der Waals surface area contributed by atoms with Crippen molar-refractivity contribution in [2.24, 2.45) is 5.92 Å². The van der Waals surface area contributed by atoms with Crippen molar-refractivity contribution in [2.75, 3.05) is 17.3 Å². The van der Waals surface area contributed by atoms with Crippen molar-refractivity contribution in [3.63, 3.8) is 0 Å². The lowest BCUT2D eigenvalue weighted by Gasteiger charge is -2.15. The van der Waals surface area contributed by atoms with Crippen molar-refractivity contribution in [3.8, 4) is 0 Å². The molecule has 0 heterocycles. The standard InChI is InChI=1S/C20H26O4S2/c21-17(13-15-5-2-1-3-6-15)9-7-16-8-10-18(22)20(16)26-12-4-11-25-14-19(23)24/h1-3,5-7,9,16-17,20-21H,4,8,10-14H2,(H,23,24)/t16?,17-,20-/m1/s1. The second kappa shape index (κ2) is 11.5. The maximum atomic E-state index is 12.1. The molecule has 1 unspecified atom stereocenters. The van der Waals surface area contributed by atoms with E-state index in [2.05, 4.69) is 0 Å². The van der Waals surface area contributed by atoms with Crippen LogP contribution < -0.4 is 0 Å². The molecule has 0 aliphatic heterocycles. The summed E-state index contributed by atoms with van der Waals surface area (Å²) < 4.78 is 0. The van der Waals surface area contributed by atoms with Crippen LogP contribution in [0.3, 0.4) is 0 Å². The molecule has 0 aromatic heterocycles. The predicted molar refractivity (Wildman–Crippen MR) is 109 cm³/mol. The van der Waals surface area contributed by atoms with Gasteiger partial charge in [-0.05, 0) is 35.8 Å². The molecule has 0 bridgehead atoms. The van der Waals surface area contributed by atoms with Gasteiger partial charge >= 0.3 is 5.97 Å². The van der Waals surface area contributed by atoms with Gasteiger partial charge in [-0.15, -0.1) is 11.8 Å². The van der Waals surface area contributed by atoms with Crippen LogP contribution in [0.15, 0.2) is 42.5 Å². The first-order valence-electron chi connectivity index (χ1n) is 8.90. The minimum absolute atomic E-state index is 0.0281. The van der Waals surface area contributed by atoms with Gasteiger partial charge in [0.15, 0.2) is 0 Å². The molecule has 2 N–H and O–H groups in total. The summed E-state index contributed by atoms with van der Waals surface area (Å²) in [4.78, 5) is 22.6. The zero-order valence-electron chi connectivity index (χ0n) is 14.8. The maximum Gasteiger partial charge on any atom is 0.313 e. The van der Waals surface area contributed by atoms with Gasteiger partial charge in [-0.3, -0.25) is 9.59 Å². The molecule has 0 saturated heterocycles. The summed E-state index contributed by atoms with van der Waals surface area (Å²) >= 11 is 3.09. The van der Waals surface area contributed by atoms with Gasteiger partial charge in [0.2, 0.25) is 0 Å². The third kappa shape index (κ3) is 7.56. The summed E-state index contributed by atoms with van der Waals surface area (Å²) in [5.41, 5.74) is 1.09. The fourth-order valence-corrected chi connectivity index (χ4v) is 5.17. The molecule has 1 fully saturated rings. The summed E-state index contributed by atoms with van der Waals surface area (Å²) in [5, 5.41) is 18.8. The van der Waals surface area contributed by atoms with Gasteiger partial charge in [-0.25, -0.2) is 0 Å². The Bertz CT molecular complexity index is 603. The van der Waals surface area contributed by atoms with E-state index in [1.807, 2.05) is 42.5 Å². The van der Waals surface area contributed by atoms with Crippen LogP contribution in [0.2, 0.25) is 0 Å². The molecule has 1 aromatic rings. The Labute approximate surface area is 163 Å². The quantitative estimate of drug-likeness (QED) is 0.442. The number of aliphatic carboxylic acids is 1. The summed E-state index contributed by atoms with van der Waals surface area (Å²) in [6.45, 7) is 0. The molecule has 1 saturated carbocycles. The number of aliphatic hydroxyl groups is 1. The molecule has 0 radical (unpaired) electrons. The first-order chi connectivity index (χ1) is 12.6. The number of rotatable bonds is 11. The van der Waals surface area contributed by atoms with Crippen LogP contribution in [0, 0.1) is 5.92 Å². The highest BCUT2D eigenvalue weighted by Crippen LogP contribution is 2.34. The first-order valence-corrected chi connectivity index (χ1v) is 11.1. The number of carbonyl (C=O) groups is 2. The van der Waals surface area contributed by atoms with E-state index in [1.165, 1.54) is 11.8 Å². The zero-order valence-corrected chi connectivity index (χ0v) is 16.4. The number of carbonyl (C=O) groups excluding carboxylic acids is 1. The monoisotopic (exact) mass is 394 g/mol. The van der Waals surface area contributed by atoms with Crippen LogP contribution >= 0.6 is 23.5 Å². The van der Waals surface area contributed by atoms with Crippen molar-refractivity contribution >= 4 is 35.3 Å². The Morgan fingerprint density at radius 2 is 2.04 bits per heavy atom. The van der Waals surface area contributed by atoms with Crippen LogP contribution in [0.4, 0.5) is 0 Å². The summed E-state index contributed by atoms with van der Waals surface area (Å²) in [6, 6.07) is 9.87. The number of carboxylic acids is 1. The molecule has 4 nitrogen and oxygen atoms in total. The summed E-state index contributed by atoms with van der Waals surface area (Å²) in [6.07, 6.45) is 6.23. The summed E-state index contributed by atoms with van der Waals surface area (Å²) in [7, 11) is 0. The van der Waals surface area contributed by atoms with Crippen LogP contribution in [-0.2, 0) is 16.0 Å². The Morgan fingerprint density at radius 1 is 1.27 bits per heavy atom. The molecule has 142 valence electrons. The number of benzene rings is 1. The number of hydrogen-bond acceptors (Lipinski definition) is 5. The minimum Gasteiger partial charge on any atom is -0.481 e. The third-order valence-electron chi connectivity index (χ3n) is 4.25. The van der Waals surface area contributed by atoms with Gasteiger partial charge < -0.3 is 10.2 Å². The second-order valence-corrected chi connectivity index (χ2v) is 8.76. The molecular weight excluding hydrogens is 368 g/mol. The number of thioether (sulfide) groups is 2. The SMILES string of the molecule is O=C(O)CSCCCS[C@H]1C(=O)CCC1C=C[C@@H](O)Cc1ccccc1. The number of ketones is 1. The van der Waals surface area contributed by atoms with E-state index < -0.39 is 12.1 Å². The number of hydrogen-bond donors (Lipinski definition) is 2. The van der Waals surface area contributed by atoms with Crippen LogP contribution in [0.25, 0.3) is 0 Å². The lowest BCUT2D eigenvalue weighted by molar-refractivity contribution is -0.133. The maximum absolute atomic E-state index is 12.1. The molecular formula is C20H26O4S2. The van der Waals surface area contributed by atoms with Crippen molar-refractivity contribution in [3.05, 3.63) is 48.0 Å². The smallest absolute Gasteiger partial charge is 0.313 e. The van der Waals surface area contributed by atoms with E-state index in [0.717, 1.165) is 29.9 Å². The number of carboxylic acid groups (broad SMARTS) is 1. The number of allylic oxidation sites excluding steroid dienone is 1. The van der Waals surface area contributed by atoms with Crippen molar-refractivity contribution in [1.82, 2.24) is 0 Å². The van der Waals surface area contributed by atoms with Gasteiger partial charge in [-0.1, -0.05) is 42.5 Å².